The number of hydrogen-bond donors (Lipinski definition) is 0. The number of benzene rings is 2. The van der Waals surface area contributed by atoms with Gasteiger partial charge >= 0.3 is 7.82 Å². The van der Waals surface area contributed by atoms with Gasteiger partial charge in [0.2, 0.25) is 0 Å². The fraction of sp³-hybridized carbons (Fsp3) is 0.381. The highest BCUT2D eigenvalue weighted by molar-refractivity contribution is 7.48. The summed E-state index contributed by atoms with van der Waals surface area (Å²) >= 11 is 0. The Balaban J connectivity index is 2.15. The number of ketones is 1. The lowest BCUT2D eigenvalue weighted by Gasteiger charge is -2.22. The zero-order chi connectivity index (χ0) is 21.1. The zero-order valence-electron chi connectivity index (χ0n) is 16.9. The molecule has 0 aliphatic carbocycles. The van der Waals surface area contributed by atoms with Crippen LogP contribution in [0.4, 0.5) is 0 Å². The fourth-order valence-corrected chi connectivity index (χ4v) is 3.82. The van der Waals surface area contributed by atoms with Gasteiger partial charge in [0, 0.05) is 5.56 Å². The molecule has 0 amide bonds. The molecule has 0 heterocycles. The molecule has 2 aromatic carbocycles. The molecule has 2 rings (SSSR count). The van der Waals surface area contributed by atoms with Crippen molar-refractivity contribution in [3.63, 3.8) is 0 Å². The minimum atomic E-state index is -3.90. The van der Waals surface area contributed by atoms with E-state index in [0.29, 0.717) is 11.3 Å². The van der Waals surface area contributed by atoms with Crippen molar-refractivity contribution >= 4 is 13.6 Å². The molecule has 0 saturated carbocycles. The Bertz CT molecular complexity index is 782. The smallest absolute Gasteiger partial charge is 0.475 e. The van der Waals surface area contributed by atoms with Crippen LogP contribution in [0, 0.1) is 0 Å². The molecule has 0 fully saturated rings. The van der Waals surface area contributed by atoms with E-state index < -0.39 is 13.9 Å². The first-order valence-electron chi connectivity index (χ1n) is 9.38. The van der Waals surface area contributed by atoms with Gasteiger partial charge in [-0.25, -0.2) is 4.57 Å². The number of ether oxygens (including phenoxy) is 2. The number of carbonyl (C=O) groups excluding carboxylic acids is 1. The monoisotopic (exact) mass is 422 g/mol. The molecule has 8 heteroatoms. The van der Waals surface area contributed by atoms with Crippen LogP contribution in [-0.2, 0) is 29.5 Å². The molecule has 7 nitrogen and oxygen atoms in total. The van der Waals surface area contributed by atoms with Crippen molar-refractivity contribution in [3.05, 3.63) is 65.7 Å². The third kappa shape index (κ3) is 7.38. The minimum absolute atomic E-state index is 0.107. The lowest BCUT2D eigenvalue weighted by molar-refractivity contribution is 0.0154. The van der Waals surface area contributed by atoms with Gasteiger partial charge in [0.25, 0.3) is 0 Å². The van der Waals surface area contributed by atoms with Crippen molar-refractivity contribution < 1.29 is 32.4 Å². The summed E-state index contributed by atoms with van der Waals surface area (Å²) in [6, 6.07) is 16.1. The first kappa shape index (κ1) is 23.3. The predicted molar refractivity (Wildman–Crippen MR) is 109 cm³/mol. The number of Topliss-reactive ketones (excluding diaryl/α,β-unsaturated/α-hetero) is 1. The van der Waals surface area contributed by atoms with Crippen molar-refractivity contribution in [3.8, 4) is 5.75 Å². The van der Waals surface area contributed by atoms with E-state index in [1.165, 1.54) is 0 Å². The number of phosphoric acid groups is 1. The highest BCUT2D eigenvalue weighted by Gasteiger charge is 2.34. The maximum Gasteiger partial charge on any atom is 0.475 e. The minimum Gasteiger partial charge on any atom is -0.497 e. The largest absolute Gasteiger partial charge is 0.497 e. The van der Waals surface area contributed by atoms with Crippen LogP contribution in [0.2, 0.25) is 0 Å². The molecule has 0 aliphatic rings. The molecule has 158 valence electrons. The summed E-state index contributed by atoms with van der Waals surface area (Å²) in [6.07, 6.45) is -1.16. The van der Waals surface area contributed by atoms with Crippen LogP contribution < -0.4 is 4.74 Å². The molecular formula is C21H27O7P. The molecule has 0 radical (unpaired) electrons. The summed E-state index contributed by atoms with van der Waals surface area (Å²) < 4.78 is 39.5. The van der Waals surface area contributed by atoms with E-state index in [0.717, 1.165) is 5.56 Å². The summed E-state index contributed by atoms with van der Waals surface area (Å²) in [6.45, 7) is 3.74. The molecule has 1 unspecified atom stereocenters. The van der Waals surface area contributed by atoms with Gasteiger partial charge < -0.3 is 9.47 Å². The van der Waals surface area contributed by atoms with Crippen LogP contribution in [0.5, 0.6) is 5.75 Å². The van der Waals surface area contributed by atoms with Gasteiger partial charge in [0.15, 0.2) is 11.9 Å². The number of rotatable bonds is 13. The van der Waals surface area contributed by atoms with Gasteiger partial charge in [-0.05, 0) is 43.7 Å². The van der Waals surface area contributed by atoms with E-state index in [-0.39, 0.29) is 32.2 Å². The molecule has 0 bridgehead atoms. The Kier molecular flexibility index (Phi) is 9.51. The summed E-state index contributed by atoms with van der Waals surface area (Å²) in [4.78, 5) is 13.0. The van der Waals surface area contributed by atoms with Crippen molar-refractivity contribution in [1.82, 2.24) is 0 Å². The zero-order valence-corrected chi connectivity index (χ0v) is 17.8. The molecular weight excluding hydrogens is 395 g/mol. The fourth-order valence-electron chi connectivity index (χ4n) is 2.52. The number of hydrogen-bond acceptors (Lipinski definition) is 7. The van der Waals surface area contributed by atoms with Crippen molar-refractivity contribution in [2.45, 2.75) is 26.6 Å². The Morgan fingerprint density at radius 3 is 2.14 bits per heavy atom. The van der Waals surface area contributed by atoms with Gasteiger partial charge in [0.05, 0.1) is 33.5 Å². The molecule has 0 aromatic heterocycles. The average Bonchev–Trinajstić information content (AvgIpc) is 2.73. The van der Waals surface area contributed by atoms with Crippen LogP contribution in [-0.4, -0.2) is 38.8 Å². The molecule has 1 atom stereocenters. The lowest BCUT2D eigenvalue weighted by Crippen LogP contribution is -2.29. The first-order valence-corrected chi connectivity index (χ1v) is 10.8. The normalized spacial score (nSPS) is 12.5. The van der Waals surface area contributed by atoms with E-state index >= 15 is 0 Å². The van der Waals surface area contributed by atoms with Gasteiger partial charge in [0.1, 0.15) is 5.75 Å². The van der Waals surface area contributed by atoms with E-state index in [2.05, 4.69) is 0 Å². The summed E-state index contributed by atoms with van der Waals surface area (Å²) in [7, 11) is -2.36. The van der Waals surface area contributed by atoms with Crippen LogP contribution in [0.1, 0.15) is 29.8 Å². The highest BCUT2D eigenvalue weighted by atomic mass is 31.2. The first-order chi connectivity index (χ1) is 14.0. The van der Waals surface area contributed by atoms with Crippen LogP contribution in [0.25, 0.3) is 0 Å². The van der Waals surface area contributed by atoms with E-state index in [4.69, 9.17) is 23.0 Å². The van der Waals surface area contributed by atoms with Crippen LogP contribution in [0.15, 0.2) is 54.6 Å². The molecule has 0 N–H and O–H groups in total. The topological polar surface area (TPSA) is 80.3 Å². The number of methoxy groups -OCH3 is 1. The van der Waals surface area contributed by atoms with Gasteiger partial charge in [-0.15, -0.1) is 0 Å². The Hall–Kier alpha value is -2.02. The molecule has 0 aliphatic heterocycles. The summed E-state index contributed by atoms with van der Waals surface area (Å²) in [5, 5.41) is 0. The van der Waals surface area contributed by atoms with Gasteiger partial charge in [-0.2, -0.15) is 0 Å². The predicted octanol–water partition coefficient (Wildman–Crippen LogP) is 4.66. The average molecular weight is 422 g/mol. The summed E-state index contributed by atoms with van der Waals surface area (Å²) in [5.41, 5.74) is 1.32. The Morgan fingerprint density at radius 1 is 0.966 bits per heavy atom. The SMILES string of the molecule is CCOP(=O)(OCC)OC(COCc1ccccc1)C(=O)c1ccc(OC)cc1. The van der Waals surface area contributed by atoms with Gasteiger partial charge in [-0.1, -0.05) is 30.3 Å². The van der Waals surface area contributed by atoms with E-state index in [1.807, 2.05) is 30.3 Å². The van der Waals surface area contributed by atoms with Crippen molar-refractivity contribution in [1.29, 1.82) is 0 Å². The molecule has 29 heavy (non-hydrogen) atoms. The third-order valence-corrected chi connectivity index (χ3v) is 5.54. The second-order valence-corrected chi connectivity index (χ2v) is 7.59. The standard InChI is InChI=1S/C21H27O7P/c1-4-26-29(23,27-5-2)28-20(16-25-15-17-9-7-6-8-10-17)21(22)18-11-13-19(24-3)14-12-18/h6-14,20H,4-5,15-16H2,1-3H3. The highest BCUT2D eigenvalue weighted by Crippen LogP contribution is 2.50. The number of carbonyl (C=O) groups is 1. The lowest BCUT2D eigenvalue weighted by atomic mass is 10.1. The van der Waals surface area contributed by atoms with Crippen LogP contribution in [0.3, 0.4) is 0 Å². The maximum atomic E-state index is 13.0. The second kappa shape index (κ2) is 11.9. The second-order valence-electron chi connectivity index (χ2n) is 5.97. The maximum absolute atomic E-state index is 13.0. The van der Waals surface area contributed by atoms with E-state index in [1.54, 1.807) is 45.2 Å². The third-order valence-electron chi connectivity index (χ3n) is 3.88. The molecule has 0 spiro atoms. The Morgan fingerprint density at radius 2 is 1.59 bits per heavy atom. The number of phosphoric ester groups is 1. The van der Waals surface area contributed by atoms with E-state index in [9.17, 15) is 9.36 Å². The van der Waals surface area contributed by atoms with Crippen molar-refractivity contribution in [2.24, 2.45) is 0 Å². The summed E-state index contributed by atoms with van der Waals surface area (Å²) in [5.74, 6) is 0.231. The quantitative estimate of drug-likeness (QED) is 0.343. The van der Waals surface area contributed by atoms with Crippen LogP contribution >= 0.6 is 7.82 Å². The van der Waals surface area contributed by atoms with Crippen molar-refractivity contribution in [2.75, 3.05) is 26.9 Å². The van der Waals surface area contributed by atoms with Gasteiger partial charge in [-0.3, -0.25) is 18.4 Å². The molecule has 2 aromatic rings. The molecule has 0 saturated heterocycles. The Labute approximate surface area is 171 Å².